The fourth-order valence-corrected chi connectivity index (χ4v) is 2.52. The van der Waals surface area contributed by atoms with Crippen LogP contribution in [0.1, 0.15) is 23.6 Å². The van der Waals surface area contributed by atoms with Crippen molar-refractivity contribution < 1.29 is 32.2 Å². The summed E-state index contributed by atoms with van der Waals surface area (Å²) in [6, 6.07) is 12.2. The van der Waals surface area contributed by atoms with Crippen molar-refractivity contribution in [3.8, 4) is 11.5 Å². The van der Waals surface area contributed by atoms with Gasteiger partial charge in [-0.25, -0.2) is 0 Å². The van der Waals surface area contributed by atoms with E-state index >= 15 is 0 Å². The third kappa shape index (κ3) is 8.16. The molecule has 8 heteroatoms. The van der Waals surface area contributed by atoms with Crippen molar-refractivity contribution in [2.75, 3.05) is 20.3 Å². The molecule has 0 bridgehead atoms. The van der Waals surface area contributed by atoms with Crippen LogP contribution in [0.2, 0.25) is 0 Å². The predicted molar refractivity (Wildman–Crippen MR) is 107 cm³/mol. The largest absolute Gasteiger partial charge is 0.493 e. The highest BCUT2D eigenvalue weighted by Gasteiger charge is 2.27. The zero-order valence-electron chi connectivity index (χ0n) is 16.8. The summed E-state index contributed by atoms with van der Waals surface area (Å²) in [6.07, 6.45) is -1.26. The zero-order valence-corrected chi connectivity index (χ0v) is 16.8. The first-order chi connectivity index (χ1) is 14.3. The number of benzene rings is 2. The number of halogens is 3. The van der Waals surface area contributed by atoms with Crippen LogP contribution < -0.4 is 14.8 Å². The number of hydrogen-bond donors (Lipinski definition) is 1. The van der Waals surface area contributed by atoms with Crippen molar-refractivity contribution >= 4 is 12.0 Å². The number of hydrogen-bond acceptors (Lipinski definition) is 4. The van der Waals surface area contributed by atoms with Crippen LogP contribution in [-0.4, -0.2) is 32.4 Å². The second-order valence-electron chi connectivity index (χ2n) is 6.32. The molecule has 30 heavy (non-hydrogen) atoms. The molecule has 2 rings (SSSR count). The van der Waals surface area contributed by atoms with Crippen molar-refractivity contribution in [1.29, 1.82) is 0 Å². The summed E-state index contributed by atoms with van der Waals surface area (Å²) in [4.78, 5) is 12.0. The van der Waals surface area contributed by atoms with Gasteiger partial charge in [0.15, 0.2) is 11.5 Å². The Balaban J connectivity index is 1.83. The number of carbonyl (C=O) groups is 1. The van der Waals surface area contributed by atoms with Crippen LogP contribution in [0.15, 0.2) is 48.5 Å². The van der Waals surface area contributed by atoms with Crippen molar-refractivity contribution in [2.24, 2.45) is 0 Å². The van der Waals surface area contributed by atoms with E-state index in [0.717, 1.165) is 11.1 Å². The lowest BCUT2D eigenvalue weighted by Crippen LogP contribution is -2.20. The number of methoxy groups -OCH3 is 1. The Labute approximate surface area is 173 Å². The van der Waals surface area contributed by atoms with Gasteiger partial charge in [0, 0.05) is 12.6 Å². The minimum atomic E-state index is -4.34. The number of amides is 1. The Kier molecular flexibility index (Phi) is 8.73. The van der Waals surface area contributed by atoms with Crippen LogP contribution in [0.25, 0.3) is 6.08 Å². The Morgan fingerprint density at radius 1 is 1.07 bits per heavy atom. The molecule has 1 amide bonds. The number of alkyl halides is 3. The van der Waals surface area contributed by atoms with E-state index in [1.165, 1.54) is 6.08 Å². The molecule has 2 aromatic rings. The fourth-order valence-electron chi connectivity index (χ4n) is 2.52. The van der Waals surface area contributed by atoms with Gasteiger partial charge in [-0.3, -0.25) is 4.79 Å². The second kappa shape index (κ2) is 11.3. The number of rotatable bonds is 10. The van der Waals surface area contributed by atoms with Crippen LogP contribution in [0.5, 0.6) is 11.5 Å². The molecule has 0 atom stereocenters. The smallest absolute Gasteiger partial charge is 0.411 e. The Morgan fingerprint density at radius 2 is 1.77 bits per heavy atom. The molecule has 5 nitrogen and oxygen atoms in total. The predicted octanol–water partition coefficient (Wildman–Crippen LogP) is 4.50. The van der Waals surface area contributed by atoms with Crippen LogP contribution in [-0.2, 0) is 22.7 Å². The van der Waals surface area contributed by atoms with E-state index in [4.69, 9.17) is 9.47 Å². The molecule has 0 saturated carbocycles. The monoisotopic (exact) mass is 423 g/mol. The molecule has 0 saturated heterocycles. The first-order valence-electron chi connectivity index (χ1n) is 9.29. The molecule has 0 spiro atoms. The van der Waals surface area contributed by atoms with E-state index < -0.39 is 12.8 Å². The molecule has 0 aliphatic carbocycles. The third-order valence-electron chi connectivity index (χ3n) is 3.94. The molecule has 162 valence electrons. The van der Waals surface area contributed by atoms with Crippen molar-refractivity contribution in [2.45, 2.75) is 26.3 Å². The molecular formula is C22H24F3NO4. The maximum absolute atomic E-state index is 12.1. The first kappa shape index (κ1) is 23.3. The van der Waals surface area contributed by atoms with E-state index in [2.05, 4.69) is 10.1 Å². The lowest BCUT2D eigenvalue weighted by molar-refractivity contribution is -0.176. The minimum Gasteiger partial charge on any atom is -0.493 e. The number of carbonyl (C=O) groups excluding carboxylic acids is 1. The van der Waals surface area contributed by atoms with Gasteiger partial charge in [-0.15, -0.1) is 0 Å². The quantitative estimate of drug-likeness (QED) is 0.572. The summed E-state index contributed by atoms with van der Waals surface area (Å²) >= 11 is 0. The van der Waals surface area contributed by atoms with Gasteiger partial charge in [0.2, 0.25) is 5.91 Å². The van der Waals surface area contributed by atoms with E-state index in [1.54, 1.807) is 49.6 Å². The molecule has 0 aliphatic rings. The summed E-state index contributed by atoms with van der Waals surface area (Å²) in [6.45, 7) is 1.26. The minimum absolute atomic E-state index is 0.125. The molecule has 1 N–H and O–H groups in total. The molecule has 0 unspecified atom stereocenters. The molecular weight excluding hydrogens is 399 g/mol. The Morgan fingerprint density at radius 3 is 2.40 bits per heavy atom. The normalized spacial score (nSPS) is 11.5. The average Bonchev–Trinajstić information content (AvgIpc) is 2.71. The summed E-state index contributed by atoms with van der Waals surface area (Å²) in [5.41, 5.74) is 2.23. The van der Waals surface area contributed by atoms with E-state index in [1.807, 2.05) is 13.0 Å². The van der Waals surface area contributed by atoms with E-state index in [9.17, 15) is 18.0 Å². The van der Waals surface area contributed by atoms with Gasteiger partial charge in [-0.05, 0) is 41.8 Å². The SMILES string of the molecule is CCOc1cc(/C=C/C(=O)NCc2ccc(COCC(F)(F)F)cc2)ccc1OC. The van der Waals surface area contributed by atoms with Gasteiger partial charge < -0.3 is 19.5 Å². The maximum atomic E-state index is 12.1. The van der Waals surface area contributed by atoms with E-state index in [0.29, 0.717) is 30.2 Å². The van der Waals surface area contributed by atoms with Gasteiger partial charge in [-0.2, -0.15) is 13.2 Å². The number of ether oxygens (including phenoxy) is 3. The molecule has 2 aromatic carbocycles. The van der Waals surface area contributed by atoms with Crippen LogP contribution in [0.4, 0.5) is 13.2 Å². The molecule has 0 fully saturated rings. The highest BCUT2D eigenvalue weighted by Crippen LogP contribution is 2.28. The maximum Gasteiger partial charge on any atom is 0.411 e. The zero-order chi connectivity index (χ0) is 22.0. The standard InChI is InChI=1S/C22H24F3NO4/c1-3-30-20-12-16(8-10-19(20)28-2)9-11-21(27)26-13-17-4-6-18(7-5-17)14-29-15-22(23,24)25/h4-12H,3,13-15H2,1-2H3,(H,26,27)/b11-9+. The van der Waals surface area contributed by atoms with Gasteiger partial charge in [0.1, 0.15) is 6.61 Å². The summed E-state index contributed by atoms with van der Waals surface area (Å²) in [5.74, 6) is 0.939. The van der Waals surface area contributed by atoms with Gasteiger partial charge in [-0.1, -0.05) is 30.3 Å². The second-order valence-corrected chi connectivity index (χ2v) is 6.32. The fraction of sp³-hybridized carbons (Fsp3) is 0.318. The van der Waals surface area contributed by atoms with Gasteiger partial charge >= 0.3 is 6.18 Å². The molecule has 0 radical (unpaired) electrons. The van der Waals surface area contributed by atoms with Crippen LogP contribution >= 0.6 is 0 Å². The van der Waals surface area contributed by atoms with Crippen molar-refractivity contribution in [3.63, 3.8) is 0 Å². The van der Waals surface area contributed by atoms with Crippen LogP contribution in [0, 0.1) is 0 Å². The Bertz CT molecular complexity index is 848. The lowest BCUT2D eigenvalue weighted by atomic mass is 10.1. The van der Waals surface area contributed by atoms with Gasteiger partial charge in [0.05, 0.1) is 20.3 Å². The Hall–Kier alpha value is -3.00. The van der Waals surface area contributed by atoms with Crippen molar-refractivity contribution in [1.82, 2.24) is 5.32 Å². The summed E-state index contributed by atoms with van der Waals surface area (Å²) in [5, 5.41) is 2.75. The molecule has 0 aliphatic heterocycles. The lowest BCUT2D eigenvalue weighted by Gasteiger charge is -2.09. The first-order valence-corrected chi connectivity index (χ1v) is 9.29. The average molecular weight is 423 g/mol. The molecule has 0 heterocycles. The number of nitrogens with one attached hydrogen (secondary N) is 1. The topological polar surface area (TPSA) is 56.8 Å². The summed E-state index contributed by atoms with van der Waals surface area (Å²) < 4.78 is 51.6. The van der Waals surface area contributed by atoms with Gasteiger partial charge in [0.25, 0.3) is 0 Å². The van der Waals surface area contributed by atoms with E-state index in [-0.39, 0.29) is 12.5 Å². The highest BCUT2D eigenvalue weighted by molar-refractivity contribution is 5.91. The molecule has 0 aromatic heterocycles. The van der Waals surface area contributed by atoms with Crippen LogP contribution in [0.3, 0.4) is 0 Å². The highest BCUT2D eigenvalue weighted by atomic mass is 19.4. The summed E-state index contributed by atoms with van der Waals surface area (Å²) in [7, 11) is 1.56. The third-order valence-corrected chi connectivity index (χ3v) is 3.94. The van der Waals surface area contributed by atoms with Crippen molar-refractivity contribution in [3.05, 3.63) is 65.2 Å².